The number of hydrogen-bond acceptors (Lipinski definition) is 4. The maximum Gasteiger partial charge on any atom is 0.305 e. The van der Waals surface area contributed by atoms with Crippen LogP contribution < -0.4 is 5.73 Å². The second-order valence-corrected chi connectivity index (χ2v) is 4.67. The fraction of sp³-hybridized carbons (Fsp3) is 0.500. The Morgan fingerprint density at radius 3 is 2.58 bits per heavy atom. The summed E-state index contributed by atoms with van der Waals surface area (Å²) in [5.41, 5.74) is 6.46. The van der Waals surface area contributed by atoms with Gasteiger partial charge in [0.25, 0.3) is 0 Å². The lowest BCUT2D eigenvalue weighted by Crippen LogP contribution is -2.36. The number of benzene rings is 1. The highest BCUT2D eigenvalue weighted by Crippen LogP contribution is 2.31. The fourth-order valence-corrected chi connectivity index (χ4v) is 2.25. The van der Waals surface area contributed by atoms with Crippen LogP contribution in [0.1, 0.15) is 31.1 Å². The minimum absolute atomic E-state index is 0.00619. The molecular formula is C14H19NO4. The fourth-order valence-electron chi connectivity index (χ4n) is 2.25. The highest BCUT2D eigenvalue weighted by atomic mass is 16.7. The lowest BCUT2D eigenvalue weighted by atomic mass is 10.0. The molecule has 0 bridgehead atoms. The Balaban J connectivity index is 2.07. The molecule has 19 heavy (non-hydrogen) atoms. The van der Waals surface area contributed by atoms with Gasteiger partial charge in [0.1, 0.15) is 0 Å². The average Bonchev–Trinajstić information content (AvgIpc) is 2.39. The van der Waals surface area contributed by atoms with Gasteiger partial charge in [0.15, 0.2) is 6.29 Å². The SMILES string of the molecule is NCC[C@@H]1C[C@H](CC(=O)O)O[C@@H](c2ccccc2)O1. The Labute approximate surface area is 112 Å². The van der Waals surface area contributed by atoms with Crippen LogP contribution in [0.4, 0.5) is 0 Å². The standard InChI is InChI=1S/C14H19NO4/c15-7-6-11-8-12(9-13(16)17)19-14(18-11)10-4-2-1-3-5-10/h1-5,11-12,14H,6-9,15H2,(H,16,17)/t11-,12-,14+/m1/s1. The van der Waals surface area contributed by atoms with Crippen LogP contribution in [-0.2, 0) is 14.3 Å². The highest BCUT2D eigenvalue weighted by molar-refractivity contribution is 5.67. The van der Waals surface area contributed by atoms with Crippen LogP contribution in [0, 0.1) is 0 Å². The first-order valence-electron chi connectivity index (χ1n) is 6.46. The van der Waals surface area contributed by atoms with Crippen molar-refractivity contribution in [2.75, 3.05) is 6.54 Å². The van der Waals surface area contributed by atoms with Gasteiger partial charge < -0.3 is 20.3 Å². The molecule has 104 valence electrons. The van der Waals surface area contributed by atoms with Crippen LogP contribution in [0.15, 0.2) is 30.3 Å². The van der Waals surface area contributed by atoms with Gasteiger partial charge in [0.05, 0.1) is 18.6 Å². The van der Waals surface area contributed by atoms with Crippen molar-refractivity contribution < 1.29 is 19.4 Å². The van der Waals surface area contributed by atoms with E-state index in [1.165, 1.54) is 0 Å². The predicted octanol–water partition coefficient (Wildman–Crippen LogP) is 1.68. The first-order chi connectivity index (χ1) is 9.19. The minimum atomic E-state index is -0.856. The Morgan fingerprint density at radius 1 is 1.26 bits per heavy atom. The Hall–Kier alpha value is -1.43. The molecule has 1 aromatic rings. The molecule has 5 nitrogen and oxygen atoms in total. The Morgan fingerprint density at radius 2 is 1.95 bits per heavy atom. The van der Waals surface area contributed by atoms with E-state index in [0.717, 1.165) is 5.56 Å². The van der Waals surface area contributed by atoms with E-state index >= 15 is 0 Å². The van der Waals surface area contributed by atoms with Crippen molar-refractivity contribution in [3.8, 4) is 0 Å². The van der Waals surface area contributed by atoms with Crippen LogP contribution in [0.25, 0.3) is 0 Å². The van der Waals surface area contributed by atoms with Gasteiger partial charge in [0.2, 0.25) is 0 Å². The highest BCUT2D eigenvalue weighted by Gasteiger charge is 2.31. The van der Waals surface area contributed by atoms with Gasteiger partial charge in [-0.15, -0.1) is 0 Å². The average molecular weight is 265 g/mol. The third-order valence-electron chi connectivity index (χ3n) is 3.12. The van der Waals surface area contributed by atoms with Crippen molar-refractivity contribution >= 4 is 5.97 Å². The first-order valence-corrected chi connectivity index (χ1v) is 6.46. The number of carboxylic acids is 1. The van der Waals surface area contributed by atoms with Crippen molar-refractivity contribution in [3.63, 3.8) is 0 Å². The number of aliphatic carboxylic acids is 1. The van der Waals surface area contributed by atoms with Gasteiger partial charge in [-0.25, -0.2) is 0 Å². The number of hydrogen-bond donors (Lipinski definition) is 2. The normalized spacial score (nSPS) is 27.1. The lowest BCUT2D eigenvalue weighted by molar-refractivity contribution is -0.249. The number of nitrogens with two attached hydrogens (primary N) is 1. The van der Waals surface area contributed by atoms with Gasteiger partial charge in [0, 0.05) is 12.0 Å². The Bertz CT molecular complexity index is 409. The van der Waals surface area contributed by atoms with E-state index in [9.17, 15) is 4.79 Å². The molecule has 0 amide bonds. The van der Waals surface area contributed by atoms with Crippen molar-refractivity contribution in [3.05, 3.63) is 35.9 Å². The molecule has 1 aliphatic heterocycles. The van der Waals surface area contributed by atoms with E-state index in [0.29, 0.717) is 19.4 Å². The summed E-state index contributed by atoms with van der Waals surface area (Å²) in [5, 5.41) is 8.89. The Kier molecular flexibility index (Phi) is 4.90. The maximum atomic E-state index is 10.8. The predicted molar refractivity (Wildman–Crippen MR) is 69.5 cm³/mol. The molecular weight excluding hydrogens is 246 g/mol. The lowest BCUT2D eigenvalue weighted by Gasteiger charge is -2.35. The van der Waals surface area contributed by atoms with Crippen molar-refractivity contribution in [2.24, 2.45) is 5.73 Å². The quantitative estimate of drug-likeness (QED) is 0.846. The summed E-state index contributed by atoms with van der Waals surface area (Å²) in [6.45, 7) is 0.520. The van der Waals surface area contributed by atoms with E-state index in [4.69, 9.17) is 20.3 Å². The zero-order valence-electron chi connectivity index (χ0n) is 10.7. The number of ether oxygens (including phenoxy) is 2. The first kappa shape index (κ1) is 14.0. The topological polar surface area (TPSA) is 81.8 Å². The molecule has 1 aliphatic rings. The zero-order chi connectivity index (χ0) is 13.7. The molecule has 1 aromatic carbocycles. The van der Waals surface area contributed by atoms with Crippen LogP contribution in [-0.4, -0.2) is 29.8 Å². The molecule has 1 saturated heterocycles. The summed E-state index contributed by atoms with van der Waals surface area (Å²) in [6, 6.07) is 9.54. The maximum absolute atomic E-state index is 10.8. The summed E-state index contributed by atoms with van der Waals surface area (Å²) in [4.78, 5) is 10.8. The summed E-state index contributed by atoms with van der Waals surface area (Å²) in [5.74, 6) is -0.856. The molecule has 5 heteroatoms. The van der Waals surface area contributed by atoms with Crippen LogP contribution >= 0.6 is 0 Å². The van der Waals surface area contributed by atoms with E-state index in [-0.39, 0.29) is 18.6 Å². The van der Waals surface area contributed by atoms with Crippen LogP contribution in [0.3, 0.4) is 0 Å². The van der Waals surface area contributed by atoms with E-state index in [1.807, 2.05) is 30.3 Å². The van der Waals surface area contributed by atoms with Crippen LogP contribution in [0.5, 0.6) is 0 Å². The third kappa shape index (κ3) is 4.02. The molecule has 1 heterocycles. The number of rotatable bonds is 5. The van der Waals surface area contributed by atoms with E-state index in [1.54, 1.807) is 0 Å². The van der Waals surface area contributed by atoms with Gasteiger partial charge >= 0.3 is 5.97 Å². The van der Waals surface area contributed by atoms with Gasteiger partial charge in [-0.1, -0.05) is 30.3 Å². The van der Waals surface area contributed by atoms with Gasteiger partial charge in [-0.2, -0.15) is 0 Å². The molecule has 3 N–H and O–H groups in total. The molecule has 0 aliphatic carbocycles. The van der Waals surface area contributed by atoms with Gasteiger partial charge in [-0.3, -0.25) is 4.79 Å². The van der Waals surface area contributed by atoms with E-state index < -0.39 is 12.3 Å². The smallest absolute Gasteiger partial charge is 0.305 e. The second-order valence-electron chi connectivity index (χ2n) is 4.67. The summed E-state index contributed by atoms with van der Waals surface area (Å²) in [7, 11) is 0. The molecule has 2 rings (SSSR count). The molecule has 0 aromatic heterocycles. The molecule has 3 atom stereocenters. The largest absolute Gasteiger partial charge is 0.481 e. The van der Waals surface area contributed by atoms with Gasteiger partial charge in [-0.05, 0) is 13.0 Å². The number of carboxylic acid groups (broad SMARTS) is 1. The molecule has 0 unspecified atom stereocenters. The van der Waals surface area contributed by atoms with E-state index in [2.05, 4.69) is 0 Å². The monoisotopic (exact) mass is 265 g/mol. The van der Waals surface area contributed by atoms with Crippen molar-refractivity contribution in [2.45, 2.75) is 37.8 Å². The molecule has 0 spiro atoms. The van der Waals surface area contributed by atoms with Crippen molar-refractivity contribution in [1.82, 2.24) is 0 Å². The third-order valence-corrected chi connectivity index (χ3v) is 3.12. The molecule has 0 saturated carbocycles. The summed E-state index contributed by atoms with van der Waals surface area (Å²) < 4.78 is 11.5. The van der Waals surface area contributed by atoms with Crippen LogP contribution in [0.2, 0.25) is 0 Å². The second kappa shape index (κ2) is 6.65. The summed E-state index contributed by atoms with van der Waals surface area (Å²) >= 11 is 0. The minimum Gasteiger partial charge on any atom is -0.481 e. The molecule has 1 fully saturated rings. The number of carbonyl (C=O) groups is 1. The van der Waals surface area contributed by atoms with Crippen molar-refractivity contribution in [1.29, 1.82) is 0 Å². The zero-order valence-corrected chi connectivity index (χ0v) is 10.7. The molecule has 0 radical (unpaired) electrons. The summed E-state index contributed by atoms with van der Waals surface area (Å²) in [6.07, 6.45) is 0.404.